The molecule has 0 aromatic rings. The van der Waals surface area contributed by atoms with E-state index in [-0.39, 0.29) is 36.7 Å². The Bertz CT molecular complexity index is 394. The molecule has 0 saturated heterocycles. The summed E-state index contributed by atoms with van der Waals surface area (Å²) >= 11 is 0. The maximum absolute atomic E-state index is 11.2. The molecule has 1 atom stereocenters. The summed E-state index contributed by atoms with van der Waals surface area (Å²) in [7, 11) is -2.40. The fourth-order valence-electron chi connectivity index (χ4n) is 3.32. The van der Waals surface area contributed by atoms with E-state index in [0.717, 1.165) is 20.0 Å². The Kier molecular flexibility index (Phi) is 24.0. The van der Waals surface area contributed by atoms with Gasteiger partial charge in [0.25, 0.3) is 10.1 Å². The molecule has 0 aromatic heterocycles. The van der Waals surface area contributed by atoms with Gasteiger partial charge in [0.1, 0.15) is 5.75 Å². The summed E-state index contributed by atoms with van der Waals surface area (Å²) in [6.07, 6.45) is 20.8. The quantitative estimate of drug-likeness (QED) is 0.188. The summed E-state index contributed by atoms with van der Waals surface area (Å²) < 4.78 is 26.8. The third kappa shape index (κ3) is 23.0. The summed E-state index contributed by atoms with van der Waals surface area (Å²) in [6.45, 7) is 2.27. The Balaban J connectivity index is -0.00000312. The van der Waals surface area contributed by atoms with E-state index >= 15 is 0 Å². The molecule has 0 aromatic carbocycles. The first-order chi connectivity index (χ1) is 12.5. The normalized spacial score (nSPS) is 12.7. The van der Waals surface area contributed by atoms with Gasteiger partial charge in [-0.1, -0.05) is 110 Å². The monoisotopic (exact) mass is 416 g/mol. The van der Waals surface area contributed by atoms with E-state index in [1.807, 2.05) is 0 Å². The summed E-state index contributed by atoms with van der Waals surface area (Å²) in [5.74, 6) is -0.289. The zero-order chi connectivity index (χ0) is 19.5. The van der Waals surface area contributed by atoms with Gasteiger partial charge >= 0.3 is 29.6 Å². The topological polar surface area (TPSA) is 63.6 Å². The van der Waals surface area contributed by atoms with Crippen LogP contribution in [0.1, 0.15) is 118 Å². The number of rotatable bonds is 20. The molecule has 0 amide bonds. The molecule has 4 nitrogen and oxygen atoms in total. The summed E-state index contributed by atoms with van der Waals surface area (Å²) in [4.78, 5) is 0. The van der Waals surface area contributed by atoms with E-state index < -0.39 is 16.2 Å². The van der Waals surface area contributed by atoms with E-state index in [0.29, 0.717) is 6.42 Å². The van der Waals surface area contributed by atoms with Crippen molar-refractivity contribution in [3.63, 3.8) is 0 Å². The van der Waals surface area contributed by atoms with E-state index in [1.165, 1.54) is 89.9 Å². The molecule has 0 rings (SSSR count). The minimum atomic E-state index is -3.54. The third-order valence-corrected chi connectivity index (χ3v) is 6.34. The second-order valence-electron chi connectivity index (χ2n) is 7.64. The van der Waals surface area contributed by atoms with Crippen LogP contribution in [0, 0.1) is 0 Å². The van der Waals surface area contributed by atoms with E-state index in [2.05, 4.69) is 11.1 Å². The molecule has 0 bridgehead atoms. The Labute approximate surface area is 193 Å². The van der Waals surface area contributed by atoms with E-state index in [4.69, 9.17) is 0 Å². The van der Waals surface area contributed by atoms with Crippen molar-refractivity contribution in [3.8, 4) is 0 Å². The van der Waals surface area contributed by atoms with E-state index in [9.17, 15) is 13.5 Å². The largest absolute Gasteiger partial charge is 1.00 e. The Hall–Kier alpha value is 0.870. The predicted octanol–water partition coefficient (Wildman–Crippen LogP) is 3.09. The summed E-state index contributed by atoms with van der Waals surface area (Å²) in [5.41, 5.74) is 0. The minimum absolute atomic E-state index is 0. The van der Waals surface area contributed by atoms with Crippen molar-refractivity contribution in [2.45, 2.75) is 122 Å². The van der Waals surface area contributed by atoms with Crippen LogP contribution >= 0.6 is 0 Å². The predicted molar refractivity (Wildman–Crippen MR) is 112 cm³/mol. The van der Waals surface area contributed by atoms with Crippen molar-refractivity contribution >= 4 is 10.1 Å². The minimum Gasteiger partial charge on any atom is -1.00 e. The SMILES string of the molecule is CCCCCCCCCCCCCCCCCCC(O)CS(=O)(=O)OC.[H-].[Na+]. The van der Waals surface area contributed by atoms with Crippen LogP contribution in [0.5, 0.6) is 0 Å². The average molecular weight is 417 g/mol. The molecule has 1 N–H and O–H groups in total. The maximum Gasteiger partial charge on any atom is 1.00 e. The fourth-order valence-corrected chi connectivity index (χ4v) is 4.09. The van der Waals surface area contributed by atoms with E-state index in [1.54, 1.807) is 0 Å². The Morgan fingerprint density at radius 3 is 1.41 bits per heavy atom. The van der Waals surface area contributed by atoms with Crippen LogP contribution < -0.4 is 29.6 Å². The second-order valence-corrected chi connectivity index (χ2v) is 9.42. The first-order valence-electron chi connectivity index (χ1n) is 11.0. The molecular weight excluding hydrogens is 371 g/mol. The van der Waals surface area contributed by atoms with Crippen molar-refractivity contribution < 1.29 is 48.7 Å². The van der Waals surface area contributed by atoms with Crippen LogP contribution in [0.25, 0.3) is 0 Å². The van der Waals surface area contributed by atoms with Crippen molar-refractivity contribution in [1.82, 2.24) is 0 Å². The van der Waals surface area contributed by atoms with Gasteiger partial charge in [0.2, 0.25) is 0 Å². The van der Waals surface area contributed by atoms with Gasteiger partial charge < -0.3 is 6.53 Å². The molecule has 6 heteroatoms. The molecule has 0 fully saturated rings. The van der Waals surface area contributed by atoms with Gasteiger partial charge in [0.15, 0.2) is 0 Å². The van der Waals surface area contributed by atoms with Gasteiger partial charge in [-0.05, 0) is 6.42 Å². The number of hydrogen-bond donors (Lipinski definition) is 1. The third-order valence-electron chi connectivity index (χ3n) is 5.04. The smallest absolute Gasteiger partial charge is 1.00 e. The number of aliphatic hydroxyl groups excluding tert-OH is 1. The molecule has 27 heavy (non-hydrogen) atoms. The molecule has 0 spiro atoms. The van der Waals surface area contributed by atoms with Crippen LogP contribution in [0.4, 0.5) is 0 Å². The van der Waals surface area contributed by atoms with Gasteiger partial charge in [0.05, 0.1) is 13.2 Å². The molecule has 0 saturated carbocycles. The van der Waals surface area contributed by atoms with Crippen LogP contribution in [-0.2, 0) is 14.3 Å². The summed E-state index contributed by atoms with van der Waals surface area (Å²) in [5, 5.41) is 9.67. The maximum atomic E-state index is 11.2. The van der Waals surface area contributed by atoms with Crippen molar-refractivity contribution in [1.29, 1.82) is 0 Å². The molecule has 0 aliphatic rings. The Morgan fingerprint density at radius 1 is 0.741 bits per heavy atom. The van der Waals surface area contributed by atoms with Gasteiger partial charge in [0, 0.05) is 0 Å². The van der Waals surface area contributed by atoms with Crippen LogP contribution in [0.3, 0.4) is 0 Å². The molecule has 0 aliphatic heterocycles. The number of unbranched alkanes of at least 4 members (excludes halogenated alkanes) is 15. The first kappa shape index (κ1) is 30.1. The molecule has 0 heterocycles. The zero-order valence-electron chi connectivity index (χ0n) is 19.4. The van der Waals surface area contributed by atoms with Crippen molar-refractivity contribution in [2.24, 2.45) is 0 Å². The van der Waals surface area contributed by atoms with Gasteiger partial charge in [-0.25, -0.2) is 0 Å². The van der Waals surface area contributed by atoms with Gasteiger partial charge in [-0.15, -0.1) is 0 Å². The molecule has 1 unspecified atom stereocenters. The Morgan fingerprint density at radius 2 is 1.07 bits per heavy atom. The van der Waals surface area contributed by atoms with Gasteiger partial charge in [-0.3, -0.25) is 4.18 Å². The fraction of sp³-hybridized carbons (Fsp3) is 1.00. The van der Waals surface area contributed by atoms with Crippen LogP contribution in [0.15, 0.2) is 0 Å². The van der Waals surface area contributed by atoms with Gasteiger partial charge in [-0.2, -0.15) is 8.42 Å². The zero-order valence-corrected chi connectivity index (χ0v) is 21.2. The first-order valence-corrected chi connectivity index (χ1v) is 12.6. The van der Waals surface area contributed by atoms with Crippen molar-refractivity contribution in [2.75, 3.05) is 12.9 Å². The average Bonchev–Trinajstić information content (AvgIpc) is 2.61. The molecular formula is C21H45NaO4S. The standard InChI is InChI=1S/C21H44O4S.Na.H/c1-3-4-5-6-7-8-9-10-11-12-13-14-15-16-17-18-19-21(22)20-26(23,24)25-2;;/h21-22H,3-20H2,1-2H3;;/q;+1;-1. The summed E-state index contributed by atoms with van der Waals surface area (Å²) in [6, 6.07) is 0. The van der Waals surface area contributed by atoms with Crippen molar-refractivity contribution in [3.05, 3.63) is 0 Å². The number of hydrogen-bond acceptors (Lipinski definition) is 4. The number of aliphatic hydroxyl groups is 1. The molecule has 160 valence electrons. The molecule has 0 aliphatic carbocycles. The molecule has 0 radical (unpaired) electrons. The second kappa shape index (κ2) is 21.6. The van der Waals surface area contributed by atoms with Crippen LogP contribution in [0.2, 0.25) is 0 Å². The van der Waals surface area contributed by atoms with Crippen LogP contribution in [-0.4, -0.2) is 32.5 Å².